The molecule has 0 aliphatic rings. The van der Waals surface area contributed by atoms with Crippen molar-refractivity contribution in [3.05, 3.63) is 10.1 Å². The summed E-state index contributed by atoms with van der Waals surface area (Å²) in [6.45, 7) is 4.44. The second-order valence-corrected chi connectivity index (χ2v) is 3.65. The topological polar surface area (TPSA) is 89.7 Å². The molecular weight excluding hydrogens is 214 g/mol. The molecule has 0 aromatic rings. The lowest BCUT2D eigenvalue weighted by Gasteiger charge is -2.29. The number of aliphatic hydroxyl groups is 1. The number of ether oxygens (including phenoxy) is 1. The van der Waals surface area contributed by atoms with E-state index >= 15 is 0 Å². The molecule has 6 heteroatoms. The van der Waals surface area contributed by atoms with E-state index in [1.165, 1.54) is 0 Å². The lowest BCUT2D eigenvalue weighted by atomic mass is 9.83. The van der Waals surface area contributed by atoms with E-state index in [4.69, 9.17) is 4.74 Å². The first kappa shape index (κ1) is 14.8. The van der Waals surface area contributed by atoms with E-state index in [1.807, 2.05) is 0 Å². The third kappa shape index (κ3) is 3.44. The Kier molecular flexibility index (Phi) is 5.95. The van der Waals surface area contributed by atoms with Crippen molar-refractivity contribution in [3.63, 3.8) is 0 Å². The molecule has 0 saturated heterocycles. The quantitative estimate of drug-likeness (QED) is 0.402. The number of nitro groups is 1. The molecule has 94 valence electrons. The van der Waals surface area contributed by atoms with Gasteiger partial charge in [0, 0.05) is 10.8 Å². The van der Waals surface area contributed by atoms with Gasteiger partial charge in [-0.25, -0.2) is 4.79 Å². The number of hydrogen-bond donors (Lipinski definition) is 1. The molecule has 0 aliphatic heterocycles. The molecule has 0 amide bonds. The highest BCUT2D eigenvalue weighted by Crippen LogP contribution is 2.26. The Balaban J connectivity index is 4.99. The van der Waals surface area contributed by atoms with Crippen molar-refractivity contribution in [2.24, 2.45) is 5.92 Å². The van der Waals surface area contributed by atoms with Gasteiger partial charge in [0.1, 0.15) is 0 Å². The molecule has 6 nitrogen and oxygen atoms in total. The molecule has 1 N–H and O–H groups in total. The standard InChI is InChI=1S/C10H19NO5/c1-4-8(5-2)10(13,7-11(14)15)9(12)16-6-3/h8,13H,4-7H2,1-3H3/t10-/m1/s1. The van der Waals surface area contributed by atoms with E-state index in [2.05, 4.69) is 0 Å². The van der Waals surface area contributed by atoms with Gasteiger partial charge >= 0.3 is 5.97 Å². The zero-order chi connectivity index (χ0) is 12.8. The van der Waals surface area contributed by atoms with Gasteiger partial charge in [0.05, 0.1) is 6.61 Å². The van der Waals surface area contributed by atoms with Crippen molar-refractivity contribution in [1.82, 2.24) is 0 Å². The fraction of sp³-hybridized carbons (Fsp3) is 0.900. The average molecular weight is 233 g/mol. The first-order valence-electron chi connectivity index (χ1n) is 5.43. The maximum Gasteiger partial charge on any atom is 0.345 e. The van der Waals surface area contributed by atoms with Crippen LogP contribution < -0.4 is 0 Å². The molecule has 16 heavy (non-hydrogen) atoms. The normalized spacial score (nSPS) is 14.6. The Hall–Kier alpha value is -1.17. The maximum absolute atomic E-state index is 11.6. The fourth-order valence-corrected chi connectivity index (χ4v) is 1.78. The second kappa shape index (κ2) is 6.42. The second-order valence-electron chi connectivity index (χ2n) is 3.65. The van der Waals surface area contributed by atoms with E-state index in [0.717, 1.165) is 0 Å². The van der Waals surface area contributed by atoms with Crippen LogP contribution in [0.1, 0.15) is 33.6 Å². The molecule has 0 heterocycles. The summed E-state index contributed by atoms with van der Waals surface area (Å²) in [7, 11) is 0. The maximum atomic E-state index is 11.6. The van der Waals surface area contributed by atoms with Gasteiger partial charge in [-0.1, -0.05) is 13.8 Å². The molecular formula is C10H19NO5. The molecule has 0 bridgehead atoms. The Labute approximate surface area is 94.7 Å². The van der Waals surface area contributed by atoms with Crippen molar-refractivity contribution < 1.29 is 19.6 Å². The van der Waals surface area contributed by atoms with Gasteiger partial charge in [-0.3, -0.25) is 10.1 Å². The van der Waals surface area contributed by atoms with Gasteiger partial charge < -0.3 is 9.84 Å². The molecule has 0 aliphatic carbocycles. The van der Waals surface area contributed by atoms with Crippen LogP contribution in [0.25, 0.3) is 0 Å². The van der Waals surface area contributed by atoms with Crippen molar-refractivity contribution >= 4 is 5.97 Å². The summed E-state index contributed by atoms with van der Waals surface area (Å²) in [5.41, 5.74) is -2.01. The number of rotatable bonds is 7. The first-order chi connectivity index (χ1) is 7.42. The van der Waals surface area contributed by atoms with Crippen molar-refractivity contribution in [1.29, 1.82) is 0 Å². The third-order valence-corrected chi connectivity index (χ3v) is 2.66. The van der Waals surface area contributed by atoms with Crippen LogP contribution in [0.3, 0.4) is 0 Å². The van der Waals surface area contributed by atoms with Crippen LogP contribution >= 0.6 is 0 Å². The third-order valence-electron chi connectivity index (χ3n) is 2.66. The molecule has 0 aromatic carbocycles. The monoisotopic (exact) mass is 233 g/mol. The van der Waals surface area contributed by atoms with E-state index in [-0.39, 0.29) is 6.61 Å². The Morgan fingerprint density at radius 1 is 1.44 bits per heavy atom. The zero-order valence-corrected chi connectivity index (χ0v) is 9.93. The van der Waals surface area contributed by atoms with E-state index in [9.17, 15) is 20.0 Å². The minimum atomic E-state index is -2.01. The molecule has 0 rings (SSSR count). The summed E-state index contributed by atoms with van der Waals surface area (Å²) in [4.78, 5) is 21.4. The average Bonchev–Trinajstić information content (AvgIpc) is 2.18. The van der Waals surface area contributed by atoms with E-state index in [1.54, 1.807) is 20.8 Å². The highest BCUT2D eigenvalue weighted by Gasteiger charge is 2.48. The minimum absolute atomic E-state index is 0.0962. The largest absolute Gasteiger partial charge is 0.464 e. The number of esters is 1. The Morgan fingerprint density at radius 2 is 1.94 bits per heavy atom. The van der Waals surface area contributed by atoms with Crippen LogP contribution in [-0.2, 0) is 9.53 Å². The molecule has 0 aromatic heterocycles. The zero-order valence-electron chi connectivity index (χ0n) is 9.93. The molecule has 1 atom stereocenters. The number of carbonyl (C=O) groups excluding carboxylic acids is 1. The van der Waals surface area contributed by atoms with Crippen LogP contribution in [0.15, 0.2) is 0 Å². The minimum Gasteiger partial charge on any atom is -0.464 e. The first-order valence-corrected chi connectivity index (χ1v) is 5.43. The van der Waals surface area contributed by atoms with Crippen LogP contribution in [0, 0.1) is 16.0 Å². The smallest absolute Gasteiger partial charge is 0.345 e. The van der Waals surface area contributed by atoms with Crippen molar-refractivity contribution in [2.45, 2.75) is 39.2 Å². The predicted octanol–water partition coefficient (Wildman–Crippen LogP) is 0.993. The van der Waals surface area contributed by atoms with Gasteiger partial charge in [-0.15, -0.1) is 0 Å². The SMILES string of the molecule is CCOC(=O)[C@@](O)(C[N+](=O)[O-])C(CC)CC. The summed E-state index contributed by atoms with van der Waals surface area (Å²) in [5, 5.41) is 20.6. The van der Waals surface area contributed by atoms with Gasteiger partial charge in [-0.05, 0) is 19.8 Å². The van der Waals surface area contributed by atoms with Crippen LogP contribution in [0.2, 0.25) is 0 Å². The van der Waals surface area contributed by atoms with Gasteiger partial charge in [0.2, 0.25) is 12.1 Å². The lowest BCUT2D eigenvalue weighted by molar-refractivity contribution is -0.500. The van der Waals surface area contributed by atoms with Gasteiger partial charge in [0.15, 0.2) is 0 Å². The molecule has 0 spiro atoms. The fourth-order valence-electron chi connectivity index (χ4n) is 1.78. The Bertz CT molecular complexity index is 252. The van der Waals surface area contributed by atoms with Gasteiger partial charge in [0.25, 0.3) is 0 Å². The molecule has 0 unspecified atom stereocenters. The molecule has 0 radical (unpaired) electrons. The molecule has 0 fully saturated rings. The Morgan fingerprint density at radius 3 is 2.25 bits per heavy atom. The highest BCUT2D eigenvalue weighted by molar-refractivity contribution is 5.79. The van der Waals surface area contributed by atoms with Crippen molar-refractivity contribution in [3.8, 4) is 0 Å². The summed E-state index contributed by atoms with van der Waals surface area (Å²) < 4.78 is 4.70. The summed E-state index contributed by atoms with van der Waals surface area (Å²) >= 11 is 0. The highest BCUT2D eigenvalue weighted by atomic mass is 16.6. The lowest BCUT2D eigenvalue weighted by Crippen LogP contribution is -2.52. The van der Waals surface area contributed by atoms with Crippen molar-refractivity contribution in [2.75, 3.05) is 13.2 Å². The number of nitrogens with zero attached hydrogens (tertiary/aromatic N) is 1. The van der Waals surface area contributed by atoms with E-state index in [0.29, 0.717) is 12.8 Å². The molecule has 0 saturated carbocycles. The van der Waals surface area contributed by atoms with Crippen LogP contribution in [-0.4, -0.2) is 34.8 Å². The van der Waals surface area contributed by atoms with E-state index < -0.39 is 29.0 Å². The van der Waals surface area contributed by atoms with Crippen LogP contribution in [0.4, 0.5) is 0 Å². The number of hydrogen-bond acceptors (Lipinski definition) is 5. The summed E-state index contributed by atoms with van der Waals surface area (Å²) in [5.74, 6) is -1.36. The summed E-state index contributed by atoms with van der Waals surface area (Å²) in [6, 6.07) is 0. The van der Waals surface area contributed by atoms with Crippen LogP contribution in [0.5, 0.6) is 0 Å². The predicted molar refractivity (Wildman–Crippen MR) is 57.5 cm³/mol. The summed E-state index contributed by atoms with van der Waals surface area (Å²) in [6.07, 6.45) is 0.972. The van der Waals surface area contributed by atoms with Gasteiger partial charge in [-0.2, -0.15) is 0 Å². The number of carbonyl (C=O) groups is 1.